The van der Waals surface area contributed by atoms with Gasteiger partial charge in [-0.3, -0.25) is 4.79 Å². The third-order valence-electron chi connectivity index (χ3n) is 3.19. The number of carbonyl (C=O) groups excluding carboxylic acids is 1. The van der Waals surface area contributed by atoms with E-state index in [-0.39, 0.29) is 5.91 Å². The van der Waals surface area contributed by atoms with Gasteiger partial charge in [-0.2, -0.15) is 0 Å². The largest absolute Gasteiger partial charge is 0.339 e. The van der Waals surface area contributed by atoms with Crippen LogP contribution in [-0.4, -0.2) is 23.9 Å². The van der Waals surface area contributed by atoms with Crippen molar-refractivity contribution in [2.24, 2.45) is 5.92 Å². The summed E-state index contributed by atoms with van der Waals surface area (Å²) in [4.78, 5) is 13.9. The van der Waals surface area contributed by atoms with Crippen molar-refractivity contribution in [2.45, 2.75) is 19.8 Å². The lowest BCUT2D eigenvalue weighted by molar-refractivity contribution is -0.127. The van der Waals surface area contributed by atoms with Gasteiger partial charge in [0.25, 0.3) is 0 Å². The minimum atomic E-state index is 0.139. The van der Waals surface area contributed by atoms with Crippen LogP contribution in [0.25, 0.3) is 6.08 Å². The first-order valence-corrected chi connectivity index (χ1v) is 6.28. The molecule has 1 unspecified atom stereocenters. The zero-order chi connectivity index (χ0) is 12.1. The molecule has 1 saturated heterocycles. The Balaban J connectivity index is 1.94. The van der Waals surface area contributed by atoms with E-state index in [9.17, 15) is 4.79 Å². The van der Waals surface area contributed by atoms with E-state index < -0.39 is 0 Å². The van der Waals surface area contributed by atoms with Crippen LogP contribution >= 0.6 is 0 Å². The Labute approximate surface area is 103 Å². The van der Waals surface area contributed by atoms with Crippen molar-refractivity contribution in [2.75, 3.05) is 13.1 Å². The molecule has 2 rings (SSSR count). The van der Waals surface area contributed by atoms with Crippen molar-refractivity contribution in [3.05, 3.63) is 42.0 Å². The highest BCUT2D eigenvalue weighted by Crippen LogP contribution is 2.15. The molecule has 90 valence electrons. The Kier molecular flexibility index (Phi) is 3.97. The van der Waals surface area contributed by atoms with E-state index in [2.05, 4.69) is 6.92 Å². The number of hydrogen-bond donors (Lipinski definition) is 0. The number of likely N-dealkylation sites (tertiary alicyclic amines) is 1. The molecule has 0 aliphatic carbocycles. The van der Waals surface area contributed by atoms with Crippen molar-refractivity contribution in [3.8, 4) is 0 Å². The lowest BCUT2D eigenvalue weighted by Crippen LogP contribution is -2.38. The maximum Gasteiger partial charge on any atom is 0.246 e. The molecule has 1 aromatic carbocycles. The van der Waals surface area contributed by atoms with Gasteiger partial charge in [0.15, 0.2) is 0 Å². The first-order valence-electron chi connectivity index (χ1n) is 6.28. The highest BCUT2D eigenvalue weighted by molar-refractivity contribution is 5.91. The van der Waals surface area contributed by atoms with Gasteiger partial charge in [-0.05, 0) is 30.4 Å². The number of amides is 1. The van der Waals surface area contributed by atoms with Crippen LogP contribution in [0.2, 0.25) is 0 Å². The molecule has 1 amide bonds. The summed E-state index contributed by atoms with van der Waals surface area (Å²) in [6.07, 6.45) is 5.95. The third kappa shape index (κ3) is 3.45. The predicted octanol–water partition coefficient (Wildman–Crippen LogP) is 2.96. The second kappa shape index (κ2) is 5.67. The number of carbonyl (C=O) groups is 1. The second-order valence-corrected chi connectivity index (χ2v) is 4.78. The van der Waals surface area contributed by atoms with Crippen LogP contribution < -0.4 is 0 Å². The molecular formula is C15H19NO. The lowest BCUT2D eigenvalue weighted by Gasteiger charge is -2.30. The summed E-state index contributed by atoms with van der Waals surface area (Å²) in [5.74, 6) is 0.776. The Morgan fingerprint density at radius 2 is 2.12 bits per heavy atom. The van der Waals surface area contributed by atoms with Crippen molar-refractivity contribution >= 4 is 12.0 Å². The fourth-order valence-electron chi connectivity index (χ4n) is 2.23. The van der Waals surface area contributed by atoms with Gasteiger partial charge < -0.3 is 4.90 Å². The molecule has 0 N–H and O–H groups in total. The minimum Gasteiger partial charge on any atom is -0.339 e. The molecule has 1 fully saturated rings. The topological polar surface area (TPSA) is 20.3 Å². The van der Waals surface area contributed by atoms with Crippen LogP contribution in [-0.2, 0) is 4.79 Å². The molecule has 17 heavy (non-hydrogen) atoms. The quantitative estimate of drug-likeness (QED) is 0.714. The molecule has 1 atom stereocenters. The van der Waals surface area contributed by atoms with Gasteiger partial charge >= 0.3 is 0 Å². The van der Waals surface area contributed by atoms with Gasteiger partial charge in [0.2, 0.25) is 5.91 Å². The maximum atomic E-state index is 12.0. The molecule has 1 aromatic rings. The summed E-state index contributed by atoms with van der Waals surface area (Å²) in [6, 6.07) is 9.94. The van der Waals surface area contributed by atoms with E-state index in [1.807, 2.05) is 41.3 Å². The van der Waals surface area contributed by atoms with E-state index in [1.54, 1.807) is 6.08 Å². The summed E-state index contributed by atoms with van der Waals surface area (Å²) in [6.45, 7) is 4.01. The first-order chi connectivity index (χ1) is 8.25. The predicted molar refractivity (Wildman–Crippen MR) is 70.5 cm³/mol. The summed E-state index contributed by atoms with van der Waals surface area (Å²) in [5, 5.41) is 0. The molecule has 0 bridgehead atoms. The lowest BCUT2D eigenvalue weighted by atomic mass is 10.0. The molecule has 2 nitrogen and oxygen atoms in total. The van der Waals surface area contributed by atoms with Crippen LogP contribution in [0.1, 0.15) is 25.3 Å². The number of piperidine rings is 1. The zero-order valence-corrected chi connectivity index (χ0v) is 10.3. The summed E-state index contributed by atoms with van der Waals surface area (Å²) < 4.78 is 0. The summed E-state index contributed by atoms with van der Waals surface area (Å²) in [5.41, 5.74) is 1.07. The van der Waals surface area contributed by atoms with E-state index in [1.165, 1.54) is 6.42 Å². The SMILES string of the molecule is CC1CCCN(C(=O)/C=C/c2ccccc2)C1. The fourth-order valence-corrected chi connectivity index (χ4v) is 2.23. The Morgan fingerprint density at radius 3 is 2.82 bits per heavy atom. The third-order valence-corrected chi connectivity index (χ3v) is 3.19. The van der Waals surface area contributed by atoms with Crippen molar-refractivity contribution in [1.29, 1.82) is 0 Å². The second-order valence-electron chi connectivity index (χ2n) is 4.78. The first kappa shape index (κ1) is 11.9. The molecule has 2 heteroatoms. The van der Waals surface area contributed by atoms with Crippen LogP contribution in [0.3, 0.4) is 0 Å². The Hall–Kier alpha value is -1.57. The number of benzene rings is 1. The summed E-state index contributed by atoms with van der Waals surface area (Å²) in [7, 11) is 0. The standard InChI is InChI=1S/C15H19NO/c1-13-6-5-11-16(12-13)15(17)10-9-14-7-3-2-4-8-14/h2-4,7-10,13H,5-6,11-12H2,1H3/b10-9+. The number of rotatable bonds is 2. The van der Waals surface area contributed by atoms with Crippen LogP contribution in [0.5, 0.6) is 0 Å². The van der Waals surface area contributed by atoms with E-state index in [4.69, 9.17) is 0 Å². The van der Waals surface area contributed by atoms with E-state index in [0.29, 0.717) is 5.92 Å². The van der Waals surface area contributed by atoms with Gasteiger partial charge in [-0.1, -0.05) is 37.3 Å². The van der Waals surface area contributed by atoms with Gasteiger partial charge in [-0.15, -0.1) is 0 Å². The van der Waals surface area contributed by atoms with Crippen LogP contribution in [0, 0.1) is 5.92 Å². The molecule has 0 spiro atoms. The van der Waals surface area contributed by atoms with Gasteiger partial charge in [0.05, 0.1) is 0 Å². The van der Waals surface area contributed by atoms with Crippen molar-refractivity contribution < 1.29 is 4.79 Å². The highest BCUT2D eigenvalue weighted by Gasteiger charge is 2.18. The molecule has 1 heterocycles. The maximum absolute atomic E-state index is 12.0. The smallest absolute Gasteiger partial charge is 0.246 e. The van der Waals surface area contributed by atoms with E-state index >= 15 is 0 Å². The van der Waals surface area contributed by atoms with Crippen molar-refractivity contribution in [3.63, 3.8) is 0 Å². The minimum absolute atomic E-state index is 0.139. The Bertz CT molecular complexity index is 397. The number of nitrogens with zero attached hydrogens (tertiary/aromatic N) is 1. The van der Waals surface area contributed by atoms with Gasteiger partial charge in [-0.25, -0.2) is 0 Å². The molecular weight excluding hydrogens is 210 g/mol. The molecule has 0 radical (unpaired) electrons. The van der Waals surface area contributed by atoms with Crippen LogP contribution in [0.15, 0.2) is 36.4 Å². The molecule has 0 saturated carbocycles. The normalized spacial score (nSPS) is 20.8. The van der Waals surface area contributed by atoms with Gasteiger partial charge in [0, 0.05) is 19.2 Å². The highest BCUT2D eigenvalue weighted by atomic mass is 16.2. The monoisotopic (exact) mass is 229 g/mol. The number of hydrogen-bond acceptors (Lipinski definition) is 1. The molecule has 0 aromatic heterocycles. The summed E-state index contributed by atoms with van der Waals surface area (Å²) >= 11 is 0. The van der Waals surface area contributed by atoms with Crippen LogP contribution in [0.4, 0.5) is 0 Å². The molecule has 1 aliphatic rings. The average molecular weight is 229 g/mol. The average Bonchev–Trinajstić information content (AvgIpc) is 2.37. The van der Waals surface area contributed by atoms with Gasteiger partial charge in [0.1, 0.15) is 0 Å². The zero-order valence-electron chi connectivity index (χ0n) is 10.3. The molecule has 1 aliphatic heterocycles. The fraction of sp³-hybridized carbons (Fsp3) is 0.400. The van der Waals surface area contributed by atoms with Crippen molar-refractivity contribution in [1.82, 2.24) is 4.90 Å². The Morgan fingerprint density at radius 1 is 1.35 bits per heavy atom. The van der Waals surface area contributed by atoms with E-state index in [0.717, 1.165) is 25.1 Å².